The van der Waals surface area contributed by atoms with Gasteiger partial charge in [0, 0.05) is 24.8 Å². The smallest absolute Gasteiger partial charge is 0.197 e. The van der Waals surface area contributed by atoms with Gasteiger partial charge in [0.2, 0.25) is 0 Å². The van der Waals surface area contributed by atoms with Crippen LogP contribution in [0.15, 0.2) is 43.0 Å². The van der Waals surface area contributed by atoms with Crippen LogP contribution >= 0.6 is 0 Å². The largest absolute Gasteiger partial charge is 0.494 e. The monoisotopic (exact) mass is 336 g/mol. The van der Waals surface area contributed by atoms with Crippen LogP contribution < -0.4 is 4.74 Å². The zero-order valence-corrected chi connectivity index (χ0v) is 14.0. The van der Waals surface area contributed by atoms with E-state index in [1.54, 1.807) is 31.5 Å². The molecule has 4 rings (SSSR count). The van der Waals surface area contributed by atoms with E-state index in [1.165, 1.54) is 7.11 Å². The topological polar surface area (TPSA) is 60.8 Å². The van der Waals surface area contributed by atoms with Crippen LogP contribution in [0.3, 0.4) is 0 Å². The average Bonchev–Trinajstić information content (AvgIpc) is 3.45. The minimum absolute atomic E-state index is 0.293. The Kier molecular flexibility index (Phi) is 3.87. The van der Waals surface area contributed by atoms with Gasteiger partial charge >= 0.3 is 0 Å². The van der Waals surface area contributed by atoms with Gasteiger partial charge in [0.15, 0.2) is 23.2 Å². The Morgan fingerprint density at radius 2 is 1.60 bits per heavy atom. The van der Waals surface area contributed by atoms with E-state index in [0.717, 1.165) is 17.5 Å². The van der Waals surface area contributed by atoms with Gasteiger partial charge in [-0.1, -0.05) is 6.07 Å². The molecule has 1 aromatic carbocycles. The van der Waals surface area contributed by atoms with Crippen molar-refractivity contribution in [3.63, 3.8) is 0 Å². The maximum Gasteiger partial charge on any atom is 0.197 e. The van der Waals surface area contributed by atoms with Crippen LogP contribution in [-0.2, 0) is 0 Å². The summed E-state index contributed by atoms with van der Waals surface area (Å²) < 4.78 is 19.1. The number of hydrogen-bond donors (Lipinski definition) is 0. The highest BCUT2D eigenvalue weighted by molar-refractivity contribution is 5.45. The number of aryl methyl sites for hydroxylation is 1. The first-order valence-corrected chi connectivity index (χ1v) is 8.10. The molecular weight excluding hydrogens is 319 g/mol. The summed E-state index contributed by atoms with van der Waals surface area (Å²) in [6.45, 7) is 1.76. The number of benzene rings is 1. The third kappa shape index (κ3) is 2.95. The van der Waals surface area contributed by atoms with Crippen molar-refractivity contribution in [2.45, 2.75) is 25.2 Å². The molecule has 2 heterocycles. The summed E-state index contributed by atoms with van der Waals surface area (Å²) in [7, 11) is 1.49. The highest BCUT2D eigenvalue weighted by Crippen LogP contribution is 2.55. The van der Waals surface area contributed by atoms with E-state index in [-0.39, 0.29) is 5.82 Å². The van der Waals surface area contributed by atoms with Crippen LogP contribution in [0.1, 0.15) is 34.9 Å². The molecule has 0 amide bonds. The number of aromatic nitrogens is 4. The molecule has 2 atom stereocenters. The highest BCUT2D eigenvalue weighted by Gasteiger charge is 2.40. The fraction of sp³-hybridized carbons (Fsp3) is 0.263. The molecule has 0 bridgehead atoms. The molecule has 6 heteroatoms. The second-order valence-electron chi connectivity index (χ2n) is 6.22. The molecule has 0 spiro atoms. The Morgan fingerprint density at radius 1 is 0.960 bits per heavy atom. The zero-order chi connectivity index (χ0) is 17.4. The fourth-order valence-corrected chi connectivity index (χ4v) is 3.12. The first-order valence-electron chi connectivity index (χ1n) is 8.10. The van der Waals surface area contributed by atoms with Gasteiger partial charge in [0.25, 0.3) is 0 Å². The summed E-state index contributed by atoms with van der Waals surface area (Å²) in [5.74, 6) is 1.73. The van der Waals surface area contributed by atoms with Crippen molar-refractivity contribution in [3.05, 3.63) is 65.5 Å². The molecule has 5 nitrogen and oxygen atoms in total. The van der Waals surface area contributed by atoms with Crippen molar-refractivity contribution in [3.8, 4) is 17.4 Å². The van der Waals surface area contributed by atoms with Gasteiger partial charge in [0.05, 0.1) is 7.11 Å². The van der Waals surface area contributed by atoms with E-state index < -0.39 is 0 Å². The molecule has 0 radical (unpaired) electrons. The molecule has 25 heavy (non-hydrogen) atoms. The zero-order valence-electron chi connectivity index (χ0n) is 14.0. The lowest BCUT2D eigenvalue weighted by Gasteiger charge is -2.08. The van der Waals surface area contributed by atoms with Crippen LogP contribution in [0.4, 0.5) is 4.39 Å². The molecule has 126 valence electrons. The number of rotatable bonds is 4. The average molecular weight is 336 g/mol. The molecule has 3 aromatic rings. The molecule has 0 aliphatic heterocycles. The van der Waals surface area contributed by atoms with Gasteiger partial charge < -0.3 is 4.74 Å². The summed E-state index contributed by atoms with van der Waals surface area (Å²) in [5.41, 5.74) is 2.77. The van der Waals surface area contributed by atoms with Crippen LogP contribution in [0, 0.1) is 12.7 Å². The number of halogens is 1. The number of ether oxygens (including phenoxy) is 1. The summed E-state index contributed by atoms with van der Waals surface area (Å²) in [6, 6.07) is 5.45. The molecule has 1 aliphatic rings. The van der Waals surface area contributed by atoms with Crippen molar-refractivity contribution in [1.82, 2.24) is 19.9 Å². The molecule has 1 saturated carbocycles. The van der Waals surface area contributed by atoms with Crippen molar-refractivity contribution in [1.29, 1.82) is 0 Å². The van der Waals surface area contributed by atoms with Crippen LogP contribution in [0.25, 0.3) is 11.6 Å². The van der Waals surface area contributed by atoms with E-state index in [2.05, 4.69) is 19.9 Å². The third-order valence-corrected chi connectivity index (χ3v) is 4.55. The summed E-state index contributed by atoms with van der Waals surface area (Å²) in [4.78, 5) is 17.1. The standard InChI is InChI=1S/C19H17FN4O/c1-11-6-12(7-16(25-2)17(11)20)14-8-15(14)13-9-23-19(24-10-13)18-21-4-3-5-22-18/h3-7,9-10,14-15H,8H2,1-2H3/t14-,15+/m1/s1. The maximum absolute atomic E-state index is 13.9. The molecule has 1 fully saturated rings. The summed E-state index contributed by atoms with van der Waals surface area (Å²) in [5, 5.41) is 0. The van der Waals surface area contributed by atoms with Crippen LogP contribution in [-0.4, -0.2) is 27.0 Å². The van der Waals surface area contributed by atoms with Crippen molar-refractivity contribution in [2.75, 3.05) is 7.11 Å². The minimum atomic E-state index is -0.293. The Labute approximate surface area is 145 Å². The van der Waals surface area contributed by atoms with Gasteiger partial charge in [0.1, 0.15) is 0 Å². The Balaban J connectivity index is 1.55. The normalized spacial score (nSPS) is 18.8. The van der Waals surface area contributed by atoms with Crippen molar-refractivity contribution >= 4 is 0 Å². The number of nitrogens with zero attached hydrogens (tertiary/aromatic N) is 4. The predicted octanol–water partition coefficient (Wildman–Crippen LogP) is 3.66. The molecule has 0 saturated heterocycles. The fourth-order valence-electron chi connectivity index (χ4n) is 3.12. The SMILES string of the molecule is COc1cc([C@H]2C[C@H]2c2cnc(-c3ncccn3)nc2)cc(C)c1F. The Bertz CT molecular complexity index is 899. The highest BCUT2D eigenvalue weighted by atomic mass is 19.1. The van der Waals surface area contributed by atoms with E-state index in [9.17, 15) is 4.39 Å². The lowest BCUT2D eigenvalue weighted by atomic mass is 10.0. The lowest BCUT2D eigenvalue weighted by Crippen LogP contribution is -1.97. The summed E-state index contributed by atoms with van der Waals surface area (Å²) in [6.07, 6.45) is 7.99. The number of methoxy groups -OCH3 is 1. The van der Waals surface area contributed by atoms with E-state index >= 15 is 0 Å². The number of hydrogen-bond acceptors (Lipinski definition) is 5. The quantitative estimate of drug-likeness (QED) is 0.727. The van der Waals surface area contributed by atoms with Gasteiger partial charge in [-0.3, -0.25) is 0 Å². The summed E-state index contributed by atoms with van der Waals surface area (Å²) >= 11 is 0. The maximum atomic E-state index is 13.9. The van der Waals surface area contributed by atoms with Gasteiger partial charge in [-0.25, -0.2) is 24.3 Å². The Morgan fingerprint density at radius 3 is 2.28 bits per heavy atom. The van der Waals surface area contributed by atoms with Crippen LogP contribution in [0.5, 0.6) is 5.75 Å². The third-order valence-electron chi connectivity index (χ3n) is 4.55. The first-order chi connectivity index (χ1) is 12.2. The molecular formula is C19H17FN4O. The van der Waals surface area contributed by atoms with Crippen LogP contribution in [0.2, 0.25) is 0 Å². The van der Waals surface area contributed by atoms with Crippen molar-refractivity contribution in [2.24, 2.45) is 0 Å². The second-order valence-corrected chi connectivity index (χ2v) is 6.22. The van der Waals surface area contributed by atoms with E-state index in [4.69, 9.17) is 4.74 Å². The molecule has 1 aliphatic carbocycles. The van der Waals surface area contributed by atoms with Gasteiger partial charge in [-0.15, -0.1) is 0 Å². The van der Waals surface area contributed by atoms with E-state index in [0.29, 0.717) is 34.8 Å². The Hall–Kier alpha value is -2.89. The molecule has 0 unspecified atom stereocenters. The molecule has 0 N–H and O–H groups in total. The van der Waals surface area contributed by atoms with Gasteiger partial charge in [-0.05, 0) is 54.0 Å². The van der Waals surface area contributed by atoms with E-state index in [1.807, 2.05) is 18.5 Å². The lowest BCUT2D eigenvalue weighted by molar-refractivity contribution is 0.384. The second kappa shape index (κ2) is 6.20. The molecule has 2 aromatic heterocycles. The predicted molar refractivity (Wildman–Crippen MR) is 90.8 cm³/mol. The van der Waals surface area contributed by atoms with Gasteiger partial charge in [-0.2, -0.15) is 0 Å². The van der Waals surface area contributed by atoms with Crippen molar-refractivity contribution < 1.29 is 9.13 Å². The minimum Gasteiger partial charge on any atom is -0.494 e. The first kappa shape index (κ1) is 15.6.